The SMILES string of the molecule is NC(=O)[C@@H]1Cc2ccccc2N1Cc1ccc(F)cc1. The first-order chi connectivity index (χ1) is 9.65. The Bertz CT molecular complexity index is 639. The minimum atomic E-state index is -0.336. The van der Waals surface area contributed by atoms with E-state index in [1.807, 2.05) is 29.2 Å². The number of fused-ring (bicyclic) bond motifs is 1. The lowest BCUT2D eigenvalue weighted by Crippen LogP contribution is -2.42. The Morgan fingerprint density at radius 2 is 1.90 bits per heavy atom. The molecule has 0 saturated heterocycles. The summed E-state index contributed by atoms with van der Waals surface area (Å²) in [5, 5.41) is 0. The van der Waals surface area contributed by atoms with Gasteiger partial charge in [-0.1, -0.05) is 30.3 Å². The third-order valence-electron chi connectivity index (χ3n) is 3.69. The zero-order valence-corrected chi connectivity index (χ0v) is 10.9. The Balaban J connectivity index is 1.92. The van der Waals surface area contributed by atoms with Gasteiger partial charge >= 0.3 is 0 Å². The van der Waals surface area contributed by atoms with E-state index < -0.39 is 0 Å². The highest BCUT2D eigenvalue weighted by Crippen LogP contribution is 2.33. The molecule has 2 aromatic carbocycles. The fourth-order valence-corrected chi connectivity index (χ4v) is 2.69. The summed E-state index contributed by atoms with van der Waals surface area (Å²) in [6.07, 6.45) is 0.632. The lowest BCUT2D eigenvalue weighted by atomic mass is 10.1. The van der Waals surface area contributed by atoms with Crippen molar-refractivity contribution in [2.75, 3.05) is 4.90 Å². The van der Waals surface area contributed by atoms with E-state index in [0.29, 0.717) is 13.0 Å². The van der Waals surface area contributed by atoms with Crippen LogP contribution in [-0.2, 0) is 17.8 Å². The molecule has 0 bridgehead atoms. The Morgan fingerprint density at radius 3 is 2.60 bits per heavy atom. The first kappa shape index (κ1) is 12.7. The van der Waals surface area contributed by atoms with Gasteiger partial charge in [-0.15, -0.1) is 0 Å². The number of halogens is 1. The number of primary amides is 1. The predicted octanol–water partition coefficient (Wildman–Crippen LogP) is 2.24. The lowest BCUT2D eigenvalue weighted by Gasteiger charge is -2.25. The van der Waals surface area contributed by atoms with Gasteiger partial charge in [0.15, 0.2) is 0 Å². The van der Waals surface area contributed by atoms with Gasteiger partial charge < -0.3 is 10.6 Å². The summed E-state index contributed by atoms with van der Waals surface area (Å²) in [6, 6.07) is 13.9. The molecule has 0 saturated carbocycles. The standard InChI is InChI=1S/C16H15FN2O/c17-13-7-5-11(6-8-13)10-19-14-4-2-1-3-12(14)9-15(19)16(18)20/h1-8,15H,9-10H2,(H2,18,20)/t15-/m0/s1. The summed E-state index contributed by atoms with van der Waals surface area (Å²) in [6.45, 7) is 0.547. The second-order valence-electron chi connectivity index (χ2n) is 5.01. The first-order valence-corrected chi connectivity index (χ1v) is 6.53. The van der Waals surface area contributed by atoms with Crippen LogP contribution in [0.5, 0.6) is 0 Å². The van der Waals surface area contributed by atoms with Crippen molar-refractivity contribution in [2.24, 2.45) is 5.73 Å². The van der Waals surface area contributed by atoms with Crippen molar-refractivity contribution in [3.05, 3.63) is 65.5 Å². The van der Waals surface area contributed by atoms with Crippen LogP contribution in [0.25, 0.3) is 0 Å². The molecule has 3 nitrogen and oxygen atoms in total. The molecule has 2 aromatic rings. The van der Waals surface area contributed by atoms with Gasteiger partial charge in [-0.2, -0.15) is 0 Å². The van der Waals surface area contributed by atoms with Crippen LogP contribution >= 0.6 is 0 Å². The van der Waals surface area contributed by atoms with E-state index in [-0.39, 0.29) is 17.8 Å². The highest BCUT2D eigenvalue weighted by Gasteiger charge is 2.32. The zero-order chi connectivity index (χ0) is 14.1. The highest BCUT2D eigenvalue weighted by molar-refractivity contribution is 5.86. The maximum Gasteiger partial charge on any atom is 0.240 e. The smallest absolute Gasteiger partial charge is 0.240 e. The molecule has 102 valence electrons. The molecule has 0 spiro atoms. The fourth-order valence-electron chi connectivity index (χ4n) is 2.69. The van der Waals surface area contributed by atoms with Crippen molar-refractivity contribution < 1.29 is 9.18 Å². The molecular weight excluding hydrogens is 255 g/mol. The average Bonchev–Trinajstić information content (AvgIpc) is 2.81. The molecule has 1 amide bonds. The van der Waals surface area contributed by atoms with Gasteiger partial charge in [0.25, 0.3) is 0 Å². The number of anilines is 1. The highest BCUT2D eigenvalue weighted by atomic mass is 19.1. The van der Waals surface area contributed by atoms with Crippen molar-refractivity contribution in [3.8, 4) is 0 Å². The van der Waals surface area contributed by atoms with Crippen LogP contribution < -0.4 is 10.6 Å². The maximum absolute atomic E-state index is 13.0. The Hall–Kier alpha value is -2.36. The van der Waals surface area contributed by atoms with E-state index in [1.165, 1.54) is 12.1 Å². The van der Waals surface area contributed by atoms with Gasteiger partial charge in [0, 0.05) is 18.7 Å². The van der Waals surface area contributed by atoms with E-state index in [2.05, 4.69) is 0 Å². The van der Waals surface area contributed by atoms with Gasteiger partial charge in [-0.05, 0) is 29.3 Å². The van der Waals surface area contributed by atoms with Gasteiger partial charge in [0.2, 0.25) is 5.91 Å². The predicted molar refractivity (Wildman–Crippen MR) is 75.7 cm³/mol. The van der Waals surface area contributed by atoms with Gasteiger partial charge in [0.05, 0.1) is 0 Å². The van der Waals surface area contributed by atoms with Crippen molar-refractivity contribution in [1.29, 1.82) is 0 Å². The summed E-state index contributed by atoms with van der Waals surface area (Å²) in [7, 11) is 0. The lowest BCUT2D eigenvalue weighted by molar-refractivity contribution is -0.119. The third kappa shape index (κ3) is 2.25. The van der Waals surface area contributed by atoms with Crippen LogP contribution in [0.4, 0.5) is 10.1 Å². The van der Waals surface area contributed by atoms with E-state index in [9.17, 15) is 9.18 Å². The minimum Gasteiger partial charge on any atom is -0.368 e. The van der Waals surface area contributed by atoms with Crippen molar-refractivity contribution in [3.63, 3.8) is 0 Å². The molecule has 2 N–H and O–H groups in total. The first-order valence-electron chi connectivity index (χ1n) is 6.53. The van der Waals surface area contributed by atoms with E-state index >= 15 is 0 Å². The van der Waals surface area contributed by atoms with Gasteiger partial charge in [0.1, 0.15) is 11.9 Å². The number of carbonyl (C=O) groups is 1. The summed E-state index contributed by atoms with van der Waals surface area (Å²) >= 11 is 0. The molecule has 1 heterocycles. The fraction of sp³-hybridized carbons (Fsp3) is 0.188. The maximum atomic E-state index is 13.0. The molecule has 1 aliphatic rings. The molecule has 4 heteroatoms. The Morgan fingerprint density at radius 1 is 1.20 bits per heavy atom. The van der Waals surface area contributed by atoms with E-state index in [4.69, 9.17) is 5.73 Å². The number of para-hydroxylation sites is 1. The second-order valence-corrected chi connectivity index (χ2v) is 5.01. The number of hydrogen-bond donors (Lipinski definition) is 1. The van der Waals surface area contributed by atoms with Crippen LogP contribution in [0.15, 0.2) is 48.5 Å². The summed E-state index contributed by atoms with van der Waals surface area (Å²) in [5.74, 6) is -0.592. The second kappa shape index (κ2) is 4.96. The average molecular weight is 270 g/mol. The zero-order valence-electron chi connectivity index (χ0n) is 10.9. The van der Waals surface area contributed by atoms with E-state index in [0.717, 1.165) is 16.8 Å². The number of amides is 1. The molecule has 0 radical (unpaired) electrons. The molecular formula is C16H15FN2O. The van der Waals surface area contributed by atoms with Gasteiger partial charge in [-0.3, -0.25) is 4.79 Å². The quantitative estimate of drug-likeness (QED) is 0.929. The Kier molecular flexibility index (Phi) is 3.14. The molecule has 0 aliphatic carbocycles. The topological polar surface area (TPSA) is 46.3 Å². The molecule has 0 fully saturated rings. The minimum absolute atomic E-state index is 0.262. The van der Waals surface area contributed by atoms with Crippen molar-refractivity contribution in [2.45, 2.75) is 19.0 Å². The monoisotopic (exact) mass is 270 g/mol. The number of hydrogen-bond acceptors (Lipinski definition) is 2. The molecule has 0 unspecified atom stereocenters. The number of carbonyl (C=O) groups excluding carboxylic acids is 1. The van der Waals surface area contributed by atoms with Crippen LogP contribution in [-0.4, -0.2) is 11.9 Å². The third-order valence-corrected chi connectivity index (χ3v) is 3.69. The summed E-state index contributed by atoms with van der Waals surface area (Å²) in [5.41, 5.74) is 8.61. The summed E-state index contributed by atoms with van der Waals surface area (Å²) < 4.78 is 13.0. The van der Waals surface area contributed by atoms with Gasteiger partial charge in [-0.25, -0.2) is 4.39 Å². The van der Waals surface area contributed by atoms with Crippen LogP contribution in [0, 0.1) is 5.82 Å². The van der Waals surface area contributed by atoms with Crippen molar-refractivity contribution >= 4 is 11.6 Å². The largest absolute Gasteiger partial charge is 0.368 e. The molecule has 1 atom stereocenters. The van der Waals surface area contributed by atoms with E-state index in [1.54, 1.807) is 12.1 Å². The number of benzene rings is 2. The van der Waals surface area contributed by atoms with Crippen LogP contribution in [0.1, 0.15) is 11.1 Å². The summed E-state index contributed by atoms with van der Waals surface area (Å²) in [4.78, 5) is 13.6. The molecule has 20 heavy (non-hydrogen) atoms. The molecule has 1 aliphatic heterocycles. The number of nitrogens with zero attached hydrogens (tertiary/aromatic N) is 1. The van der Waals surface area contributed by atoms with Crippen molar-refractivity contribution in [1.82, 2.24) is 0 Å². The van der Waals surface area contributed by atoms with Crippen LogP contribution in [0.3, 0.4) is 0 Å². The Labute approximate surface area is 116 Å². The molecule has 0 aromatic heterocycles. The molecule has 3 rings (SSSR count). The number of nitrogens with two attached hydrogens (primary N) is 1. The normalized spacial score (nSPS) is 17.1. The number of rotatable bonds is 3. The van der Waals surface area contributed by atoms with Crippen LogP contribution in [0.2, 0.25) is 0 Å².